The zero-order valence-corrected chi connectivity index (χ0v) is 57.1. The van der Waals surface area contributed by atoms with Gasteiger partial charge in [0.2, 0.25) is 11.9 Å². The van der Waals surface area contributed by atoms with Gasteiger partial charge >= 0.3 is 0 Å². The number of hydrogen-bond acceptors (Lipinski definition) is 28. The summed E-state index contributed by atoms with van der Waals surface area (Å²) in [6.07, 6.45) is 1.61. The summed E-state index contributed by atoms with van der Waals surface area (Å²) in [6.45, 7) is 11.0. The van der Waals surface area contributed by atoms with Crippen LogP contribution >= 0.6 is 34.4 Å². The zero-order valence-electron chi connectivity index (χ0n) is 52.2. The molecule has 0 spiro atoms. The van der Waals surface area contributed by atoms with Crippen LogP contribution in [0.3, 0.4) is 0 Å². The van der Waals surface area contributed by atoms with Crippen LogP contribution in [0.5, 0.6) is 11.5 Å². The number of nitriles is 2. The van der Waals surface area contributed by atoms with Gasteiger partial charge in [0.05, 0.1) is 63.6 Å². The number of nitrogens with zero attached hydrogens (tertiary/aromatic N) is 11. The summed E-state index contributed by atoms with van der Waals surface area (Å²) in [5, 5.41) is 47.7. The van der Waals surface area contributed by atoms with Crippen LogP contribution in [0, 0.1) is 34.3 Å². The molecule has 0 radical (unpaired) electrons. The van der Waals surface area contributed by atoms with E-state index in [0.717, 1.165) is 62.0 Å². The molecule has 7 rings (SSSR count). The number of hydrogen-bond donors (Lipinski definition) is 7. The van der Waals surface area contributed by atoms with E-state index in [9.17, 15) is 77.4 Å². The lowest BCUT2D eigenvalue weighted by Gasteiger charge is -2.25. The predicted octanol–water partition coefficient (Wildman–Crippen LogP) is 11.7. The van der Waals surface area contributed by atoms with Crippen LogP contribution < -0.4 is 40.5 Å². The molecule has 2 amide bonds. The van der Waals surface area contributed by atoms with Crippen LogP contribution in [0.25, 0.3) is 12.2 Å². The van der Waals surface area contributed by atoms with Crippen molar-refractivity contribution in [3.63, 3.8) is 0 Å². The third-order valence-corrected chi connectivity index (χ3v) is 19.4. The van der Waals surface area contributed by atoms with Crippen LogP contribution in [0.4, 0.5) is 76.2 Å². The number of halogens is 2. The normalized spacial score (nSPS) is 12.1. The van der Waals surface area contributed by atoms with Crippen LogP contribution in [-0.2, 0) is 49.5 Å². The molecule has 7 aromatic rings. The smallest absolute Gasteiger partial charge is 0.297 e. The van der Waals surface area contributed by atoms with E-state index >= 15 is 0 Å². The first-order valence-corrected chi connectivity index (χ1v) is 35.3. The molecule has 0 aliphatic carbocycles. The Morgan fingerprint density at radius 1 is 0.619 bits per heavy atom. The number of benzene rings is 4. The maximum absolute atomic E-state index is 14.0. The molecule has 508 valence electrons. The van der Waals surface area contributed by atoms with E-state index in [0.29, 0.717) is 60.2 Å². The first-order valence-electron chi connectivity index (χ1n) is 28.2. The standard InChI is InChI=1S/C59H57F2N15O15S6/c1-9-75(10-2)45-25-41(43(27-47(45)90-7)71-73-55-39(29-62)51(96(84,85)86)49(93-55)23-37(31(5)77)53(79)64-35-17-13-15-33(60)21-35)66-57-68-58(70-59(69-57)92-19-20-95(81,82)83)67-42-26-46(76(11-3)12-4)48(91-8)28-44(42)72-74-56-40(30-63)52(97(87,88)89)50(94-56)24-38(32(6)78)54(80)65-36-18-14-16-34(61)22-36/h13-18,21-28H,9-12,19-20H2,1-8H3,(H,64,79)(H,65,80)(H,81,82,83)(H,84,85,86)(H,87,88,89)(H2,66,67,68,69,70)/b37-23-,38-24+,73-71?,74-72?. The number of carbonyl (C=O) groups is 4. The van der Waals surface area contributed by atoms with E-state index in [1.54, 1.807) is 24.3 Å². The highest BCUT2D eigenvalue weighted by Gasteiger charge is 2.31. The Morgan fingerprint density at radius 2 is 1.01 bits per heavy atom. The van der Waals surface area contributed by atoms with Gasteiger partial charge in [-0.25, -0.2) is 8.78 Å². The van der Waals surface area contributed by atoms with Gasteiger partial charge in [0.25, 0.3) is 42.2 Å². The summed E-state index contributed by atoms with van der Waals surface area (Å²) >= 11 is 1.61. The zero-order chi connectivity index (χ0) is 71.3. The monoisotopic (exact) mass is 1450 g/mol. The summed E-state index contributed by atoms with van der Waals surface area (Å²) < 4.78 is 146. The second-order valence-corrected chi connectivity index (χ2v) is 27.2. The molecule has 0 aliphatic heterocycles. The van der Waals surface area contributed by atoms with Crippen LogP contribution in [0.2, 0.25) is 0 Å². The van der Waals surface area contributed by atoms with Crippen molar-refractivity contribution in [2.24, 2.45) is 20.5 Å². The van der Waals surface area contributed by atoms with Crippen molar-refractivity contribution in [2.75, 3.05) is 83.0 Å². The molecule has 3 aromatic heterocycles. The number of rotatable bonds is 30. The number of ether oxygens (including phenoxy) is 2. The van der Waals surface area contributed by atoms with Crippen LogP contribution in [0.15, 0.2) is 119 Å². The molecule has 0 unspecified atom stereocenters. The van der Waals surface area contributed by atoms with Crippen molar-refractivity contribution in [2.45, 2.75) is 56.5 Å². The van der Waals surface area contributed by atoms with Gasteiger partial charge in [0.1, 0.15) is 67.6 Å². The van der Waals surface area contributed by atoms with E-state index in [2.05, 4.69) is 56.7 Å². The molecule has 38 heteroatoms. The molecule has 3 heterocycles. The molecule has 30 nitrogen and oxygen atoms in total. The number of anilines is 8. The minimum atomic E-state index is -5.34. The molecule has 0 fully saturated rings. The van der Waals surface area contributed by atoms with Crippen molar-refractivity contribution in [3.8, 4) is 23.6 Å². The first-order chi connectivity index (χ1) is 45.9. The average molecular weight is 1450 g/mol. The SMILES string of the molecule is CCN(CC)c1cc(Nc2nc(Nc3cc(N(CC)CC)c(OC)cc3N=Nc3sc(/C=C(\C(C)=O)C(=O)Nc4cccc(F)c4)c(S(=O)(=O)O)c3C#N)nc(SCCS(=O)(=O)O)n2)c(N=Nc2sc(/C=C(/C(C)=O)C(=O)Nc3cccc(F)c3)c(S(=O)(=O)O)c2C#N)cc1OC. The Hall–Kier alpha value is -10.0. The van der Waals surface area contributed by atoms with Crippen LogP contribution in [0.1, 0.15) is 62.4 Å². The second kappa shape index (κ2) is 32.1. The average Bonchev–Trinajstić information content (AvgIpc) is 1.72. The van der Waals surface area contributed by atoms with Gasteiger partial charge in [-0.1, -0.05) is 23.9 Å². The summed E-state index contributed by atoms with van der Waals surface area (Å²) in [6, 6.07) is 18.6. The largest absolute Gasteiger partial charge is 0.494 e. The highest BCUT2D eigenvalue weighted by Crippen LogP contribution is 2.46. The fraction of sp³-hybridized carbons (Fsp3) is 0.237. The quantitative estimate of drug-likeness (QED) is 0.00549. The number of ketones is 2. The minimum Gasteiger partial charge on any atom is -0.494 e. The Bertz CT molecular complexity index is 4550. The molecule has 0 bridgehead atoms. The van der Waals surface area contributed by atoms with E-state index in [1.165, 1.54) is 50.6 Å². The number of methoxy groups -OCH3 is 2. The Labute approximate surface area is 566 Å². The topological polar surface area (TPSA) is 440 Å². The van der Waals surface area contributed by atoms with Gasteiger partial charge in [0, 0.05) is 55.4 Å². The molecule has 0 atom stereocenters. The van der Waals surface area contributed by atoms with E-state index in [4.69, 9.17) is 9.47 Å². The van der Waals surface area contributed by atoms with Gasteiger partial charge in [-0.05, 0) is 102 Å². The first kappa shape index (κ1) is 74.4. The lowest BCUT2D eigenvalue weighted by molar-refractivity contribution is -0.120. The number of carbonyl (C=O) groups excluding carboxylic acids is 4. The van der Waals surface area contributed by atoms with Crippen molar-refractivity contribution in [1.82, 2.24) is 15.0 Å². The number of azo groups is 2. The van der Waals surface area contributed by atoms with Crippen molar-refractivity contribution in [3.05, 3.63) is 116 Å². The van der Waals surface area contributed by atoms with Gasteiger partial charge in [-0.15, -0.1) is 43.1 Å². The maximum atomic E-state index is 14.0. The van der Waals surface area contributed by atoms with Crippen molar-refractivity contribution >= 4 is 168 Å². The number of amides is 2. The summed E-state index contributed by atoms with van der Waals surface area (Å²) in [4.78, 5) is 67.1. The molecule has 0 saturated carbocycles. The van der Waals surface area contributed by atoms with E-state index < -0.39 is 123 Å². The Morgan fingerprint density at radius 3 is 1.33 bits per heavy atom. The molecular weight excluding hydrogens is 1390 g/mol. The maximum Gasteiger partial charge on any atom is 0.297 e. The van der Waals surface area contributed by atoms with Gasteiger partial charge in [-0.3, -0.25) is 32.8 Å². The summed E-state index contributed by atoms with van der Waals surface area (Å²) in [5.74, 6) is -6.78. The highest BCUT2D eigenvalue weighted by molar-refractivity contribution is 8.00. The second-order valence-electron chi connectivity index (χ2n) is 19.8. The number of aromatic nitrogens is 3. The summed E-state index contributed by atoms with van der Waals surface area (Å²) in [5.41, 5.74) is -2.31. The molecule has 0 saturated heterocycles. The minimum absolute atomic E-state index is 0.0173. The molecule has 97 heavy (non-hydrogen) atoms. The lowest BCUT2D eigenvalue weighted by atomic mass is 10.1. The predicted molar refractivity (Wildman–Crippen MR) is 360 cm³/mol. The summed E-state index contributed by atoms with van der Waals surface area (Å²) in [7, 11) is -12.5. The highest BCUT2D eigenvalue weighted by atomic mass is 32.2. The van der Waals surface area contributed by atoms with E-state index in [1.807, 2.05) is 37.5 Å². The molecule has 0 aliphatic rings. The lowest BCUT2D eigenvalue weighted by Crippen LogP contribution is -2.22. The van der Waals surface area contributed by atoms with E-state index in [-0.39, 0.29) is 68.4 Å². The Kier molecular flexibility index (Phi) is 24.6. The third-order valence-electron chi connectivity index (χ3n) is 13.4. The van der Waals surface area contributed by atoms with Crippen molar-refractivity contribution in [1.29, 1.82) is 10.5 Å². The van der Waals surface area contributed by atoms with Crippen LogP contribution in [-0.4, -0.2) is 129 Å². The molecule has 7 N–H and O–H groups in total. The Balaban J connectivity index is 1.40. The molecular formula is C59H57F2N15O15S6. The fourth-order valence-corrected chi connectivity index (χ4v) is 14.9. The van der Waals surface area contributed by atoms with Gasteiger partial charge < -0.3 is 40.5 Å². The van der Waals surface area contributed by atoms with Gasteiger partial charge in [-0.2, -0.15) is 50.7 Å². The number of thiophene rings is 2. The van der Waals surface area contributed by atoms with Crippen molar-refractivity contribution < 1.29 is 76.3 Å². The number of nitrogens with one attached hydrogen (secondary N) is 4. The van der Waals surface area contributed by atoms with Gasteiger partial charge in [0.15, 0.2) is 26.7 Å². The fourth-order valence-electron chi connectivity index (χ4n) is 8.97. The molecule has 4 aromatic carbocycles. The number of thioether (sulfide) groups is 1. The third kappa shape index (κ3) is 18.9. The number of Topliss-reactive ketones (excluding diaryl/α,β-unsaturated/α-hetero) is 2.